The second-order valence-corrected chi connectivity index (χ2v) is 4.31. The molecule has 0 aliphatic rings. The van der Waals surface area contributed by atoms with Crippen LogP contribution in [0.1, 0.15) is 5.56 Å². The van der Waals surface area contributed by atoms with Gasteiger partial charge in [-0.1, -0.05) is 6.07 Å². The molecule has 0 aliphatic carbocycles. The Morgan fingerprint density at radius 1 is 1.14 bits per heavy atom. The standard InChI is InChI=1S/C14H21F2NO4/c1-18-9-11(19-2)8-17-7-10-4-5-12(20-3)13(6-10)21-14(15)16/h4-6,11,14,17H,7-9H2,1-3H3. The van der Waals surface area contributed by atoms with Gasteiger partial charge in [-0.2, -0.15) is 8.78 Å². The molecular weight excluding hydrogens is 284 g/mol. The summed E-state index contributed by atoms with van der Waals surface area (Å²) in [6, 6.07) is 4.90. The molecule has 1 aromatic rings. The van der Waals surface area contributed by atoms with Gasteiger partial charge in [0, 0.05) is 27.3 Å². The van der Waals surface area contributed by atoms with Crippen molar-refractivity contribution in [3.8, 4) is 11.5 Å². The first kappa shape index (κ1) is 17.6. The number of ether oxygens (including phenoxy) is 4. The minimum absolute atomic E-state index is 0.0204. The molecule has 0 aromatic heterocycles. The summed E-state index contributed by atoms with van der Waals surface area (Å²) in [5, 5.41) is 3.17. The number of hydrogen-bond donors (Lipinski definition) is 1. The molecule has 0 bridgehead atoms. The summed E-state index contributed by atoms with van der Waals surface area (Å²) in [4.78, 5) is 0. The number of halogens is 2. The molecule has 0 fully saturated rings. The third-order valence-corrected chi connectivity index (χ3v) is 2.83. The Hall–Kier alpha value is -1.44. The molecule has 0 heterocycles. The zero-order valence-electron chi connectivity index (χ0n) is 12.4. The van der Waals surface area contributed by atoms with E-state index in [-0.39, 0.29) is 17.6 Å². The topological polar surface area (TPSA) is 49.0 Å². The Balaban J connectivity index is 2.59. The first-order valence-electron chi connectivity index (χ1n) is 6.44. The third-order valence-electron chi connectivity index (χ3n) is 2.83. The second kappa shape index (κ2) is 9.49. The highest BCUT2D eigenvalue weighted by Crippen LogP contribution is 2.29. The van der Waals surface area contributed by atoms with E-state index >= 15 is 0 Å². The molecule has 0 radical (unpaired) electrons. The van der Waals surface area contributed by atoms with E-state index in [9.17, 15) is 8.78 Å². The van der Waals surface area contributed by atoms with E-state index in [1.807, 2.05) is 0 Å². The molecule has 0 amide bonds. The highest BCUT2D eigenvalue weighted by atomic mass is 19.3. The molecule has 0 saturated carbocycles. The fraction of sp³-hybridized carbons (Fsp3) is 0.571. The van der Waals surface area contributed by atoms with Crippen LogP contribution in [0.25, 0.3) is 0 Å². The van der Waals surface area contributed by atoms with Crippen molar-refractivity contribution in [2.45, 2.75) is 19.3 Å². The molecule has 1 unspecified atom stereocenters. The highest BCUT2D eigenvalue weighted by molar-refractivity contribution is 5.42. The van der Waals surface area contributed by atoms with Gasteiger partial charge in [0.2, 0.25) is 0 Å². The third kappa shape index (κ3) is 6.24. The number of methoxy groups -OCH3 is 3. The van der Waals surface area contributed by atoms with Crippen molar-refractivity contribution in [1.82, 2.24) is 5.32 Å². The van der Waals surface area contributed by atoms with Gasteiger partial charge in [-0.25, -0.2) is 0 Å². The number of hydrogen-bond acceptors (Lipinski definition) is 5. The van der Waals surface area contributed by atoms with Gasteiger partial charge < -0.3 is 24.3 Å². The SMILES string of the molecule is COCC(CNCc1ccc(OC)c(OC(F)F)c1)OC. The molecule has 21 heavy (non-hydrogen) atoms. The number of benzene rings is 1. The molecule has 120 valence electrons. The van der Waals surface area contributed by atoms with Crippen LogP contribution in [0.15, 0.2) is 18.2 Å². The fourth-order valence-corrected chi connectivity index (χ4v) is 1.79. The van der Waals surface area contributed by atoms with Crippen LogP contribution in [-0.4, -0.2) is 47.2 Å². The van der Waals surface area contributed by atoms with Crippen molar-refractivity contribution in [3.05, 3.63) is 23.8 Å². The first-order chi connectivity index (χ1) is 10.1. The Morgan fingerprint density at radius 3 is 2.48 bits per heavy atom. The normalized spacial score (nSPS) is 12.5. The molecule has 0 saturated heterocycles. The second-order valence-electron chi connectivity index (χ2n) is 4.31. The minimum Gasteiger partial charge on any atom is -0.493 e. The number of rotatable bonds is 10. The molecular formula is C14H21F2NO4. The minimum atomic E-state index is -2.89. The lowest BCUT2D eigenvalue weighted by molar-refractivity contribution is -0.0512. The van der Waals surface area contributed by atoms with Crippen molar-refractivity contribution in [2.24, 2.45) is 0 Å². The summed E-state index contributed by atoms with van der Waals surface area (Å²) < 4.78 is 44.3. The maximum atomic E-state index is 12.3. The molecule has 1 N–H and O–H groups in total. The predicted octanol–water partition coefficient (Wildman–Crippen LogP) is 2.05. The lowest BCUT2D eigenvalue weighted by atomic mass is 10.2. The molecule has 1 aromatic carbocycles. The molecule has 1 rings (SSSR count). The van der Waals surface area contributed by atoms with Crippen LogP contribution in [0.3, 0.4) is 0 Å². The average Bonchev–Trinajstić information content (AvgIpc) is 2.46. The van der Waals surface area contributed by atoms with Gasteiger partial charge in [0.15, 0.2) is 11.5 Å². The summed E-state index contributed by atoms with van der Waals surface area (Å²) in [7, 11) is 4.61. The monoisotopic (exact) mass is 305 g/mol. The summed E-state index contributed by atoms with van der Waals surface area (Å²) in [6.07, 6.45) is -0.0648. The quantitative estimate of drug-likeness (QED) is 0.717. The number of nitrogens with one attached hydrogen (secondary N) is 1. The zero-order valence-corrected chi connectivity index (χ0v) is 12.4. The van der Waals surface area contributed by atoms with Crippen LogP contribution in [0.5, 0.6) is 11.5 Å². The van der Waals surface area contributed by atoms with E-state index in [1.165, 1.54) is 13.2 Å². The van der Waals surface area contributed by atoms with Crippen LogP contribution in [0, 0.1) is 0 Å². The Kier molecular flexibility index (Phi) is 7.96. The van der Waals surface area contributed by atoms with Crippen LogP contribution in [0.4, 0.5) is 8.78 Å². The average molecular weight is 305 g/mol. The van der Waals surface area contributed by atoms with E-state index in [4.69, 9.17) is 14.2 Å². The van der Waals surface area contributed by atoms with Crippen molar-refractivity contribution in [3.63, 3.8) is 0 Å². The van der Waals surface area contributed by atoms with Crippen molar-refractivity contribution in [2.75, 3.05) is 34.5 Å². The molecule has 0 aliphatic heterocycles. The van der Waals surface area contributed by atoms with Crippen molar-refractivity contribution >= 4 is 0 Å². The predicted molar refractivity (Wildman–Crippen MR) is 74.0 cm³/mol. The van der Waals surface area contributed by atoms with E-state index in [1.54, 1.807) is 26.4 Å². The Labute approximate surface area is 123 Å². The summed E-state index contributed by atoms with van der Waals surface area (Å²) >= 11 is 0. The van der Waals surface area contributed by atoms with Gasteiger partial charge >= 0.3 is 6.61 Å². The molecule has 1 atom stereocenters. The maximum absolute atomic E-state index is 12.3. The Bertz CT molecular complexity index is 418. The largest absolute Gasteiger partial charge is 0.493 e. The fourth-order valence-electron chi connectivity index (χ4n) is 1.79. The van der Waals surface area contributed by atoms with Gasteiger partial charge in [0.25, 0.3) is 0 Å². The van der Waals surface area contributed by atoms with Crippen LogP contribution >= 0.6 is 0 Å². The Morgan fingerprint density at radius 2 is 1.90 bits per heavy atom. The van der Waals surface area contributed by atoms with E-state index in [2.05, 4.69) is 10.1 Å². The molecule has 0 spiro atoms. The van der Waals surface area contributed by atoms with Crippen molar-refractivity contribution < 1.29 is 27.7 Å². The van der Waals surface area contributed by atoms with E-state index < -0.39 is 6.61 Å². The van der Waals surface area contributed by atoms with Gasteiger partial charge in [-0.15, -0.1) is 0 Å². The number of alkyl halides is 2. The zero-order chi connectivity index (χ0) is 15.7. The van der Waals surface area contributed by atoms with Gasteiger partial charge in [-0.05, 0) is 17.7 Å². The summed E-state index contributed by atoms with van der Waals surface area (Å²) in [5.74, 6) is 0.292. The maximum Gasteiger partial charge on any atom is 0.387 e. The smallest absolute Gasteiger partial charge is 0.387 e. The highest BCUT2D eigenvalue weighted by Gasteiger charge is 2.12. The lowest BCUT2D eigenvalue weighted by Gasteiger charge is -2.16. The van der Waals surface area contributed by atoms with Crippen molar-refractivity contribution in [1.29, 1.82) is 0 Å². The van der Waals surface area contributed by atoms with Crippen LogP contribution in [-0.2, 0) is 16.0 Å². The van der Waals surface area contributed by atoms with Gasteiger partial charge in [-0.3, -0.25) is 0 Å². The van der Waals surface area contributed by atoms with E-state index in [0.717, 1.165) is 5.56 Å². The van der Waals surface area contributed by atoms with Gasteiger partial charge in [0.05, 0.1) is 19.8 Å². The summed E-state index contributed by atoms with van der Waals surface area (Å²) in [6.45, 7) is -1.33. The molecule has 5 nitrogen and oxygen atoms in total. The molecule has 7 heteroatoms. The van der Waals surface area contributed by atoms with Gasteiger partial charge in [0.1, 0.15) is 0 Å². The summed E-state index contributed by atoms with van der Waals surface area (Å²) in [5.41, 5.74) is 0.804. The van der Waals surface area contributed by atoms with Crippen LogP contribution in [0.2, 0.25) is 0 Å². The first-order valence-corrected chi connectivity index (χ1v) is 6.44. The van der Waals surface area contributed by atoms with E-state index in [0.29, 0.717) is 19.7 Å². The van der Waals surface area contributed by atoms with Crippen LogP contribution < -0.4 is 14.8 Å². The lowest BCUT2D eigenvalue weighted by Crippen LogP contribution is -2.31.